The highest BCUT2D eigenvalue weighted by Crippen LogP contribution is 2.27. The highest BCUT2D eigenvalue weighted by molar-refractivity contribution is 5.78. The van der Waals surface area contributed by atoms with Crippen molar-refractivity contribution >= 4 is 5.91 Å². The summed E-state index contributed by atoms with van der Waals surface area (Å²) >= 11 is 0. The van der Waals surface area contributed by atoms with Gasteiger partial charge in [-0.25, -0.2) is 0 Å². The number of rotatable bonds is 3. The Hall–Kier alpha value is -0.570. The molecule has 0 aromatic rings. The molecule has 2 aliphatic rings. The second kappa shape index (κ2) is 4.52. The van der Waals surface area contributed by atoms with Crippen LogP contribution >= 0.6 is 0 Å². The molecular weight excluding hydrogens is 188 g/mol. The van der Waals surface area contributed by atoms with E-state index in [-0.39, 0.29) is 5.92 Å². The van der Waals surface area contributed by atoms with Crippen LogP contribution in [0.5, 0.6) is 0 Å². The van der Waals surface area contributed by atoms with Crippen molar-refractivity contribution in [2.75, 3.05) is 26.2 Å². The van der Waals surface area contributed by atoms with Crippen molar-refractivity contribution in [2.24, 2.45) is 17.8 Å². The Morgan fingerprint density at radius 3 is 2.53 bits per heavy atom. The molecule has 0 radical (unpaired) electrons. The molecule has 0 saturated carbocycles. The zero-order chi connectivity index (χ0) is 10.8. The minimum Gasteiger partial charge on any atom is -0.342 e. The van der Waals surface area contributed by atoms with Crippen LogP contribution in [0.2, 0.25) is 0 Å². The van der Waals surface area contributed by atoms with Gasteiger partial charge in [-0.2, -0.15) is 0 Å². The Morgan fingerprint density at radius 1 is 1.40 bits per heavy atom. The van der Waals surface area contributed by atoms with E-state index in [2.05, 4.69) is 24.1 Å². The first-order chi connectivity index (χ1) is 7.22. The molecule has 15 heavy (non-hydrogen) atoms. The van der Waals surface area contributed by atoms with E-state index in [4.69, 9.17) is 0 Å². The van der Waals surface area contributed by atoms with Crippen molar-refractivity contribution in [3.63, 3.8) is 0 Å². The Bertz CT molecular complexity index is 230. The zero-order valence-electron chi connectivity index (χ0n) is 9.83. The molecule has 2 heterocycles. The highest BCUT2D eigenvalue weighted by Gasteiger charge is 2.38. The summed E-state index contributed by atoms with van der Waals surface area (Å²) in [5, 5.41) is 3.40. The number of fused-ring (bicyclic) bond motifs is 1. The quantitative estimate of drug-likeness (QED) is 0.756. The topological polar surface area (TPSA) is 32.3 Å². The molecule has 1 N–H and O–H groups in total. The summed E-state index contributed by atoms with van der Waals surface area (Å²) in [6.45, 7) is 8.41. The van der Waals surface area contributed by atoms with E-state index in [1.54, 1.807) is 0 Å². The van der Waals surface area contributed by atoms with Crippen LogP contribution < -0.4 is 5.32 Å². The van der Waals surface area contributed by atoms with E-state index in [1.165, 1.54) is 0 Å². The van der Waals surface area contributed by atoms with Crippen LogP contribution in [0, 0.1) is 17.8 Å². The van der Waals surface area contributed by atoms with Crippen LogP contribution in [0.25, 0.3) is 0 Å². The normalized spacial score (nSPS) is 31.7. The third kappa shape index (κ3) is 2.17. The number of hydrogen-bond acceptors (Lipinski definition) is 2. The summed E-state index contributed by atoms with van der Waals surface area (Å²) in [5.41, 5.74) is 0. The predicted molar refractivity (Wildman–Crippen MR) is 60.5 cm³/mol. The van der Waals surface area contributed by atoms with Gasteiger partial charge in [0.2, 0.25) is 5.91 Å². The first kappa shape index (κ1) is 10.9. The van der Waals surface area contributed by atoms with Gasteiger partial charge in [-0.15, -0.1) is 0 Å². The van der Waals surface area contributed by atoms with Crippen molar-refractivity contribution < 1.29 is 4.79 Å². The van der Waals surface area contributed by atoms with Gasteiger partial charge in [0.25, 0.3) is 0 Å². The molecule has 2 aliphatic heterocycles. The molecule has 2 fully saturated rings. The molecule has 0 aromatic carbocycles. The number of nitrogens with one attached hydrogen (secondary N) is 1. The fourth-order valence-electron chi connectivity index (χ4n) is 2.90. The molecule has 0 aliphatic carbocycles. The van der Waals surface area contributed by atoms with Crippen molar-refractivity contribution in [3.8, 4) is 0 Å². The standard InChI is InChI=1S/C12H22N2O/c1-3-4-9(2)12(15)14-7-10-5-13-6-11(10)8-14/h9-11,13H,3-8H2,1-2H3/t9?,10-,11+. The van der Waals surface area contributed by atoms with Crippen molar-refractivity contribution in [2.45, 2.75) is 26.7 Å². The van der Waals surface area contributed by atoms with Gasteiger partial charge in [-0.3, -0.25) is 4.79 Å². The van der Waals surface area contributed by atoms with Gasteiger partial charge in [0.1, 0.15) is 0 Å². The number of carbonyl (C=O) groups excluding carboxylic acids is 1. The van der Waals surface area contributed by atoms with Crippen LogP contribution in [-0.2, 0) is 4.79 Å². The molecular formula is C12H22N2O. The Labute approximate surface area is 92.2 Å². The maximum absolute atomic E-state index is 12.1. The molecule has 2 saturated heterocycles. The minimum absolute atomic E-state index is 0.224. The van der Waals surface area contributed by atoms with Crippen LogP contribution in [0.1, 0.15) is 26.7 Å². The fraction of sp³-hybridized carbons (Fsp3) is 0.917. The lowest BCUT2D eigenvalue weighted by Gasteiger charge is -2.21. The maximum atomic E-state index is 12.1. The van der Waals surface area contributed by atoms with Gasteiger partial charge in [0.15, 0.2) is 0 Å². The zero-order valence-corrected chi connectivity index (χ0v) is 9.83. The molecule has 1 amide bonds. The van der Waals surface area contributed by atoms with E-state index in [0.717, 1.165) is 50.9 Å². The molecule has 3 nitrogen and oxygen atoms in total. The lowest BCUT2D eigenvalue weighted by atomic mass is 10.0. The van der Waals surface area contributed by atoms with Crippen molar-refractivity contribution in [1.82, 2.24) is 10.2 Å². The summed E-state index contributed by atoms with van der Waals surface area (Å²) in [6.07, 6.45) is 2.14. The molecule has 0 spiro atoms. The third-order valence-electron chi connectivity index (χ3n) is 3.84. The maximum Gasteiger partial charge on any atom is 0.225 e. The average molecular weight is 210 g/mol. The monoisotopic (exact) mass is 210 g/mol. The summed E-state index contributed by atoms with van der Waals surface area (Å²) in [5.74, 6) is 2.05. The molecule has 0 bridgehead atoms. The number of nitrogens with zero attached hydrogens (tertiary/aromatic N) is 1. The van der Waals surface area contributed by atoms with E-state index < -0.39 is 0 Å². The third-order valence-corrected chi connectivity index (χ3v) is 3.84. The minimum atomic E-state index is 0.224. The lowest BCUT2D eigenvalue weighted by Crippen LogP contribution is -2.35. The first-order valence-corrected chi connectivity index (χ1v) is 6.22. The van der Waals surface area contributed by atoms with Crippen LogP contribution in [-0.4, -0.2) is 37.0 Å². The number of hydrogen-bond donors (Lipinski definition) is 1. The van der Waals surface area contributed by atoms with Crippen LogP contribution in [0.4, 0.5) is 0 Å². The molecule has 1 unspecified atom stereocenters. The van der Waals surface area contributed by atoms with Gasteiger partial charge in [0, 0.05) is 32.1 Å². The summed E-state index contributed by atoms with van der Waals surface area (Å²) in [4.78, 5) is 14.2. The predicted octanol–water partition coefficient (Wildman–Crippen LogP) is 1.10. The van der Waals surface area contributed by atoms with Crippen molar-refractivity contribution in [3.05, 3.63) is 0 Å². The second-order valence-electron chi connectivity index (χ2n) is 5.11. The smallest absolute Gasteiger partial charge is 0.225 e. The first-order valence-electron chi connectivity index (χ1n) is 6.22. The summed E-state index contributed by atoms with van der Waals surface area (Å²) < 4.78 is 0. The number of likely N-dealkylation sites (tertiary alicyclic amines) is 1. The number of amides is 1. The number of carbonyl (C=O) groups is 1. The molecule has 86 valence electrons. The molecule has 3 heteroatoms. The Balaban J connectivity index is 1.87. The molecule has 3 atom stereocenters. The summed E-state index contributed by atoms with van der Waals surface area (Å²) in [7, 11) is 0. The largest absolute Gasteiger partial charge is 0.342 e. The van der Waals surface area contributed by atoms with E-state index in [0.29, 0.717) is 5.91 Å². The van der Waals surface area contributed by atoms with Gasteiger partial charge in [0.05, 0.1) is 0 Å². The fourth-order valence-corrected chi connectivity index (χ4v) is 2.90. The van der Waals surface area contributed by atoms with Crippen LogP contribution in [0.15, 0.2) is 0 Å². The van der Waals surface area contributed by atoms with E-state index >= 15 is 0 Å². The van der Waals surface area contributed by atoms with Gasteiger partial charge >= 0.3 is 0 Å². The summed E-state index contributed by atoms with van der Waals surface area (Å²) in [6, 6.07) is 0. The second-order valence-corrected chi connectivity index (χ2v) is 5.11. The van der Waals surface area contributed by atoms with E-state index in [1.807, 2.05) is 0 Å². The van der Waals surface area contributed by atoms with E-state index in [9.17, 15) is 4.79 Å². The van der Waals surface area contributed by atoms with Crippen molar-refractivity contribution in [1.29, 1.82) is 0 Å². The Morgan fingerprint density at radius 2 is 2.00 bits per heavy atom. The molecule has 0 aromatic heterocycles. The highest BCUT2D eigenvalue weighted by atomic mass is 16.2. The van der Waals surface area contributed by atoms with Gasteiger partial charge in [-0.1, -0.05) is 20.3 Å². The van der Waals surface area contributed by atoms with Gasteiger partial charge < -0.3 is 10.2 Å². The average Bonchev–Trinajstić information content (AvgIpc) is 2.75. The van der Waals surface area contributed by atoms with Gasteiger partial charge in [-0.05, 0) is 18.3 Å². The van der Waals surface area contributed by atoms with Crippen LogP contribution in [0.3, 0.4) is 0 Å². The Kier molecular flexibility index (Phi) is 3.29. The lowest BCUT2D eigenvalue weighted by molar-refractivity contribution is -0.134. The SMILES string of the molecule is CCCC(C)C(=O)N1C[C@H]2CNC[C@H]2C1. The molecule has 2 rings (SSSR count).